The number of hydrogen-bond donors (Lipinski definition) is 2. The van der Waals surface area contributed by atoms with Crippen molar-refractivity contribution in [1.82, 2.24) is 10.3 Å². The summed E-state index contributed by atoms with van der Waals surface area (Å²) in [6, 6.07) is 14.7. The largest absolute Gasteiger partial charge is 0.354 e. The van der Waals surface area contributed by atoms with Crippen molar-refractivity contribution in [3.05, 3.63) is 87.7 Å². The summed E-state index contributed by atoms with van der Waals surface area (Å²) in [5, 5.41) is 7.36. The number of anilines is 2. The second kappa shape index (κ2) is 8.21. The van der Waals surface area contributed by atoms with Gasteiger partial charge in [-0.25, -0.2) is 0 Å². The number of carbonyl (C=O) groups excluding carboxylic acids is 1. The minimum Gasteiger partial charge on any atom is -0.354 e. The van der Waals surface area contributed by atoms with E-state index in [4.69, 9.17) is 23.2 Å². The SMILES string of the molecule is Cc1ccc(Cl)cc1Nc1cncc(C(=O)NCc2ccccc2Cl)c1. The highest BCUT2D eigenvalue weighted by molar-refractivity contribution is 6.31. The number of nitrogens with zero attached hydrogens (tertiary/aromatic N) is 1. The lowest BCUT2D eigenvalue weighted by Gasteiger charge is -2.11. The average Bonchev–Trinajstić information content (AvgIpc) is 2.64. The van der Waals surface area contributed by atoms with E-state index in [1.54, 1.807) is 18.3 Å². The third-order valence-electron chi connectivity index (χ3n) is 3.88. The molecule has 0 aliphatic heterocycles. The van der Waals surface area contributed by atoms with Crippen molar-refractivity contribution in [2.45, 2.75) is 13.5 Å². The van der Waals surface area contributed by atoms with E-state index in [0.29, 0.717) is 27.8 Å². The van der Waals surface area contributed by atoms with Gasteiger partial charge in [-0.15, -0.1) is 0 Å². The molecule has 4 nitrogen and oxygen atoms in total. The van der Waals surface area contributed by atoms with E-state index in [9.17, 15) is 4.79 Å². The Bertz CT molecular complexity index is 944. The highest BCUT2D eigenvalue weighted by atomic mass is 35.5. The summed E-state index contributed by atoms with van der Waals surface area (Å²) >= 11 is 12.2. The quantitative estimate of drug-likeness (QED) is 0.620. The predicted octanol–water partition coefficient (Wildman–Crippen LogP) is 5.37. The highest BCUT2D eigenvalue weighted by Gasteiger charge is 2.09. The number of aromatic nitrogens is 1. The van der Waals surface area contributed by atoms with Crippen LogP contribution in [0.15, 0.2) is 60.9 Å². The topological polar surface area (TPSA) is 54.0 Å². The van der Waals surface area contributed by atoms with Crippen LogP contribution in [0.3, 0.4) is 0 Å². The highest BCUT2D eigenvalue weighted by Crippen LogP contribution is 2.24. The number of halogens is 2. The van der Waals surface area contributed by atoms with Crippen LogP contribution in [-0.2, 0) is 6.54 Å². The van der Waals surface area contributed by atoms with Gasteiger partial charge in [-0.2, -0.15) is 0 Å². The zero-order valence-electron chi connectivity index (χ0n) is 14.1. The Hall–Kier alpha value is -2.56. The monoisotopic (exact) mass is 385 g/mol. The summed E-state index contributed by atoms with van der Waals surface area (Å²) in [5.41, 5.74) is 3.94. The maximum absolute atomic E-state index is 12.4. The fraction of sp³-hybridized carbons (Fsp3) is 0.100. The molecule has 0 spiro atoms. The fourth-order valence-electron chi connectivity index (χ4n) is 2.44. The van der Waals surface area contributed by atoms with Crippen LogP contribution in [0.25, 0.3) is 0 Å². The van der Waals surface area contributed by atoms with Gasteiger partial charge in [0, 0.05) is 28.5 Å². The number of rotatable bonds is 5. The Morgan fingerprint density at radius 1 is 1.08 bits per heavy atom. The van der Waals surface area contributed by atoms with Crippen LogP contribution < -0.4 is 10.6 Å². The molecule has 2 aromatic carbocycles. The molecule has 3 aromatic rings. The second-order valence-corrected chi connectivity index (χ2v) is 6.66. The smallest absolute Gasteiger partial charge is 0.253 e. The predicted molar refractivity (Wildman–Crippen MR) is 106 cm³/mol. The summed E-state index contributed by atoms with van der Waals surface area (Å²) in [4.78, 5) is 16.6. The third-order valence-corrected chi connectivity index (χ3v) is 4.48. The molecule has 0 unspecified atom stereocenters. The molecular formula is C20H17Cl2N3O. The van der Waals surface area contributed by atoms with Gasteiger partial charge in [0.1, 0.15) is 0 Å². The normalized spacial score (nSPS) is 10.4. The van der Waals surface area contributed by atoms with Gasteiger partial charge >= 0.3 is 0 Å². The minimum atomic E-state index is -0.219. The van der Waals surface area contributed by atoms with Gasteiger partial charge in [-0.1, -0.05) is 47.5 Å². The lowest BCUT2D eigenvalue weighted by atomic mass is 10.2. The van der Waals surface area contributed by atoms with Gasteiger partial charge in [0.15, 0.2) is 0 Å². The first-order chi connectivity index (χ1) is 12.5. The van der Waals surface area contributed by atoms with Gasteiger partial charge in [-0.05, 0) is 42.3 Å². The maximum Gasteiger partial charge on any atom is 0.253 e. The van der Waals surface area contributed by atoms with Crippen molar-refractivity contribution in [2.24, 2.45) is 0 Å². The van der Waals surface area contributed by atoms with Crippen molar-refractivity contribution in [1.29, 1.82) is 0 Å². The van der Waals surface area contributed by atoms with E-state index in [1.807, 2.05) is 43.3 Å². The number of benzene rings is 2. The van der Waals surface area contributed by atoms with E-state index in [1.165, 1.54) is 6.20 Å². The zero-order chi connectivity index (χ0) is 18.5. The first-order valence-corrected chi connectivity index (χ1v) is 8.78. The molecule has 1 heterocycles. The molecule has 0 radical (unpaired) electrons. The number of carbonyl (C=O) groups is 1. The number of hydrogen-bond acceptors (Lipinski definition) is 3. The molecule has 0 bridgehead atoms. The Labute approximate surface area is 162 Å². The first-order valence-electron chi connectivity index (χ1n) is 8.03. The molecule has 0 fully saturated rings. The van der Waals surface area contributed by atoms with Crippen LogP contribution >= 0.6 is 23.2 Å². The Balaban J connectivity index is 1.71. The molecule has 1 amide bonds. The van der Waals surface area contributed by atoms with Crippen LogP contribution in [0.5, 0.6) is 0 Å². The van der Waals surface area contributed by atoms with Crippen LogP contribution in [0.1, 0.15) is 21.5 Å². The Kier molecular flexibility index (Phi) is 5.76. The van der Waals surface area contributed by atoms with Gasteiger partial charge < -0.3 is 10.6 Å². The molecule has 2 N–H and O–H groups in total. The number of amides is 1. The van der Waals surface area contributed by atoms with Crippen molar-refractivity contribution in [2.75, 3.05) is 5.32 Å². The van der Waals surface area contributed by atoms with Crippen LogP contribution in [0.2, 0.25) is 10.0 Å². The van der Waals surface area contributed by atoms with Crippen molar-refractivity contribution in [3.63, 3.8) is 0 Å². The third kappa shape index (κ3) is 4.54. The molecule has 26 heavy (non-hydrogen) atoms. The Morgan fingerprint density at radius 3 is 2.69 bits per heavy atom. The number of nitrogens with one attached hydrogen (secondary N) is 2. The second-order valence-electron chi connectivity index (χ2n) is 5.82. The minimum absolute atomic E-state index is 0.219. The van der Waals surface area contributed by atoms with E-state index in [2.05, 4.69) is 15.6 Å². The summed E-state index contributed by atoms with van der Waals surface area (Å²) in [7, 11) is 0. The molecule has 0 saturated heterocycles. The van der Waals surface area contributed by atoms with Gasteiger partial charge in [0.2, 0.25) is 0 Å². The molecule has 0 aliphatic carbocycles. The zero-order valence-corrected chi connectivity index (χ0v) is 15.6. The molecule has 1 aromatic heterocycles. The first kappa shape index (κ1) is 18.2. The summed E-state index contributed by atoms with van der Waals surface area (Å²) in [6.45, 7) is 2.33. The molecular weight excluding hydrogens is 369 g/mol. The molecule has 3 rings (SSSR count). The number of aryl methyl sites for hydroxylation is 1. The molecule has 0 atom stereocenters. The maximum atomic E-state index is 12.4. The molecule has 0 aliphatic rings. The summed E-state index contributed by atoms with van der Waals surface area (Å²) < 4.78 is 0. The average molecular weight is 386 g/mol. The lowest BCUT2D eigenvalue weighted by Crippen LogP contribution is -2.23. The van der Waals surface area contributed by atoms with E-state index >= 15 is 0 Å². The van der Waals surface area contributed by atoms with E-state index < -0.39 is 0 Å². The van der Waals surface area contributed by atoms with E-state index in [0.717, 1.165) is 16.8 Å². The standard InChI is InChI=1S/C20H17Cl2N3O/c1-13-6-7-16(21)9-19(13)25-17-8-15(10-23-12-17)20(26)24-11-14-4-2-3-5-18(14)22/h2-10,12,25H,11H2,1H3,(H,24,26). The van der Waals surface area contributed by atoms with Crippen LogP contribution in [0, 0.1) is 6.92 Å². The van der Waals surface area contributed by atoms with Crippen molar-refractivity contribution in [3.8, 4) is 0 Å². The lowest BCUT2D eigenvalue weighted by molar-refractivity contribution is 0.0950. The molecule has 0 saturated carbocycles. The van der Waals surface area contributed by atoms with Gasteiger partial charge in [-0.3, -0.25) is 9.78 Å². The fourth-order valence-corrected chi connectivity index (χ4v) is 2.81. The Morgan fingerprint density at radius 2 is 1.88 bits per heavy atom. The number of pyridine rings is 1. The molecule has 132 valence electrons. The summed E-state index contributed by atoms with van der Waals surface area (Å²) in [5.74, 6) is -0.219. The van der Waals surface area contributed by atoms with E-state index in [-0.39, 0.29) is 5.91 Å². The van der Waals surface area contributed by atoms with Crippen LogP contribution in [0.4, 0.5) is 11.4 Å². The van der Waals surface area contributed by atoms with Crippen molar-refractivity contribution >= 4 is 40.5 Å². The van der Waals surface area contributed by atoms with Gasteiger partial charge in [0.25, 0.3) is 5.91 Å². The van der Waals surface area contributed by atoms with Crippen molar-refractivity contribution < 1.29 is 4.79 Å². The van der Waals surface area contributed by atoms with Crippen LogP contribution in [-0.4, -0.2) is 10.9 Å². The van der Waals surface area contributed by atoms with Gasteiger partial charge in [0.05, 0.1) is 17.4 Å². The summed E-state index contributed by atoms with van der Waals surface area (Å²) in [6.07, 6.45) is 3.18. The molecule has 6 heteroatoms.